The molecule has 4 heteroatoms. The Balaban J connectivity index is 1.94. The van der Waals surface area contributed by atoms with E-state index in [1.165, 1.54) is 9.75 Å². The number of nitrogens with zero attached hydrogens (tertiary/aromatic N) is 1. The van der Waals surface area contributed by atoms with E-state index in [1.807, 2.05) is 0 Å². The van der Waals surface area contributed by atoms with Crippen LogP contribution in [0.5, 0.6) is 0 Å². The molecule has 0 amide bonds. The summed E-state index contributed by atoms with van der Waals surface area (Å²) in [6.07, 6.45) is 3.17. The zero-order chi connectivity index (χ0) is 11.1. The van der Waals surface area contributed by atoms with Gasteiger partial charge in [-0.25, -0.2) is 0 Å². The molecule has 0 saturated heterocycles. The molecule has 2 aromatic rings. The number of carbonyl (C=O) groups excluding carboxylic acids is 1. The van der Waals surface area contributed by atoms with Crippen molar-refractivity contribution in [3.05, 3.63) is 39.3 Å². The maximum Gasteiger partial charge on any atom is 0.166 e. The normalized spacial score (nSPS) is 19.8. The topological polar surface area (TPSA) is 45.8 Å². The predicted octanol–water partition coefficient (Wildman–Crippen LogP) is 2.69. The molecule has 2 aromatic heterocycles. The van der Waals surface area contributed by atoms with Gasteiger partial charge in [0.15, 0.2) is 5.78 Å². The number of thiophene rings is 1. The average Bonchev–Trinajstić information content (AvgIpc) is 2.85. The SMILES string of the molecule is Cc1ccc([C@@H]2CC(=O)c3cn[nH]c3C2)s1. The molecule has 1 N–H and O–H groups in total. The van der Waals surface area contributed by atoms with Gasteiger partial charge in [-0.1, -0.05) is 0 Å². The zero-order valence-electron chi connectivity index (χ0n) is 8.99. The van der Waals surface area contributed by atoms with Gasteiger partial charge in [-0.2, -0.15) is 5.10 Å². The lowest BCUT2D eigenvalue weighted by atomic mass is 9.86. The van der Waals surface area contributed by atoms with Crippen LogP contribution in [0.1, 0.15) is 38.1 Å². The van der Waals surface area contributed by atoms with E-state index in [4.69, 9.17) is 0 Å². The van der Waals surface area contributed by atoms with Crippen LogP contribution in [0.4, 0.5) is 0 Å². The van der Waals surface area contributed by atoms with Gasteiger partial charge in [-0.15, -0.1) is 11.3 Å². The Kier molecular flexibility index (Phi) is 2.17. The largest absolute Gasteiger partial charge is 0.294 e. The lowest BCUT2D eigenvalue weighted by Gasteiger charge is -2.19. The third-order valence-corrected chi connectivity index (χ3v) is 4.23. The molecule has 1 atom stereocenters. The first-order valence-corrected chi connectivity index (χ1v) is 6.17. The van der Waals surface area contributed by atoms with E-state index in [-0.39, 0.29) is 5.78 Å². The molecule has 3 nitrogen and oxygen atoms in total. The molecule has 0 radical (unpaired) electrons. The Morgan fingerprint density at radius 1 is 1.44 bits per heavy atom. The van der Waals surface area contributed by atoms with E-state index >= 15 is 0 Å². The van der Waals surface area contributed by atoms with E-state index in [0.29, 0.717) is 12.3 Å². The lowest BCUT2D eigenvalue weighted by Crippen LogP contribution is -2.17. The summed E-state index contributed by atoms with van der Waals surface area (Å²) in [7, 11) is 0. The molecule has 1 aliphatic rings. The van der Waals surface area contributed by atoms with Gasteiger partial charge in [0.2, 0.25) is 0 Å². The van der Waals surface area contributed by atoms with Crippen LogP contribution in [0, 0.1) is 6.92 Å². The van der Waals surface area contributed by atoms with Crippen molar-refractivity contribution in [2.45, 2.75) is 25.7 Å². The van der Waals surface area contributed by atoms with Crippen molar-refractivity contribution in [2.75, 3.05) is 0 Å². The molecule has 0 aromatic carbocycles. The number of nitrogens with one attached hydrogen (secondary N) is 1. The van der Waals surface area contributed by atoms with Crippen LogP contribution in [0.15, 0.2) is 18.3 Å². The minimum absolute atomic E-state index is 0.214. The monoisotopic (exact) mass is 232 g/mol. The van der Waals surface area contributed by atoms with Crippen LogP contribution in [-0.2, 0) is 6.42 Å². The summed E-state index contributed by atoms with van der Waals surface area (Å²) in [4.78, 5) is 14.5. The number of ketones is 1. The molecule has 0 aliphatic heterocycles. The van der Waals surface area contributed by atoms with Gasteiger partial charge >= 0.3 is 0 Å². The van der Waals surface area contributed by atoms with E-state index in [9.17, 15) is 4.79 Å². The Hall–Kier alpha value is -1.42. The molecule has 16 heavy (non-hydrogen) atoms. The average molecular weight is 232 g/mol. The van der Waals surface area contributed by atoms with Crippen molar-refractivity contribution in [2.24, 2.45) is 0 Å². The summed E-state index contributed by atoms with van der Waals surface area (Å²) in [6.45, 7) is 2.10. The van der Waals surface area contributed by atoms with Crippen molar-refractivity contribution in [1.82, 2.24) is 10.2 Å². The van der Waals surface area contributed by atoms with Crippen molar-refractivity contribution < 1.29 is 4.79 Å². The third kappa shape index (κ3) is 1.50. The summed E-state index contributed by atoms with van der Waals surface area (Å²) < 4.78 is 0. The number of hydrogen-bond donors (Lipinski definition) is 1. The first kappa shape index (κ1) is 9.78. The van der Waals surface area contributed by atoms with Crippen LogP contribution in [0.3, 0.4) is 0 Å². The van der Waals surface area contributed by atoms with Crippen LogP contribution in [0.25, 0.3) is 0 Å². The minimum atomic E-state index is 0.214. The highest BCUT2D eigenvalue weighted by Crippen LogP contribution is 2.34. The summed E-state index contributed by atoms with van der Waals surface area (Å²) in [5, 5.41) is 6.87. The van der Waals surface area contributed by atoms with Crippen LogP contribution in [0.2, 0.25) is 0 Å². The van der Waals surface area contributed by atoms with Gasteiger partial charge in [-0.05, 0) is 25.5 Å². The molecule has 82 valence electrons. The second kappa shape index (κ2) is 3.56. The fraction of sp³-hybridized carbons (Fsp3) is 0.333. The van der Waals surface area contributed by atoms with E-state index in [0.717, 1.165) is 17.7 Å². The Morgan fingerprint density at radius 2 is 2.31 bits per heavy atom. The Labute approximate surface area is 97.5 Å². The van der Waals surface area contributed by atoms with Gasteiger partial charge in [0.25, 0.3) is 0 Å². The van der Waals surface area contributed by atoms with Gasteiger partial charge in [-0.3, -0.25) is 9.89 Å². The Bertz CT molecular complexity index is 541. The fourth-order valence-corrected chi connectivity index (χ4v) is 3.21. The van der Waals surface area contributed by atoms with Gasteiger partial charge in [0.1, 0.15) is 0 Å². The number of aromatic nitrogens is 2. The molecule has 0 unspecified atom stereocenters. The smallest absolute Gasteiger partial charge is 0.166 e. The van der Waals surface area contributed by atoms with E-state index in [2.05, 4.69) is 29.3 Å². The number of carbonyl (C=O) groups is 1. The highest BCUT2D eigenvalue weighted by Gasteiger charge is 2.28. The minimum Gasteiger partial charge on any atom is -0.294 e. The van der Waals surface area contributed by atoms with Crippen molar-refractivity contribution in [1.29, 1.82) is 0 Å². The number of hydrogen-bond acceptors (Lipinski definition) is 3. The molecular weight excluding hydrogens is 220 g/mol. The molecule has 0 spiro atoms. The third-order valence-electron chi connectivity index (χ3n) is 3.06. The molecule has 0 bridgehead atoms. The lowest BCUT2D eigenvalue weighted by molar-refractivity contribution is 0.0964. The summed E-state index contributed by atoms with van der Waals surface area (Å²) in [5.41, 5.74) is 1.77. The molecular formula is C12H12N2OS. The summed E-state index contributed by atoms with van der Waals surface area (Å²) in [5.74, 6) is 0.546. The van der Waals surface area contributed by atoms with Gasteiger partial charge < -0.3 is 0 Å². The molecule has 3 rings (SSSR count). The van der Waals surface area contributed by atoms with Gasteiger partial charge in [0, 0.05) is 27.8 Å². The second-order valence-electron chi connectivity index (χ2n) is 4.24. The number of aryl methyl sites for hydroxylation is 1. The molecule has 1 aliphatic carbocycles. The number of aromatic amines is 1. The first-order chi connectivity index (χ1) is 7.74. The maximum atomic E-state index is 11.9. The van der Waals surface area contributed by atoms with Gasteiger partial charge in [0.05, 0.1) is 11.8 Å². The van der Waals surface area contributed by atoms with Crippen LogP contribution >= 0.6 is 11.3 Å². The second-order valence-corrected chi connectivity index (χ2v) is 5.56. The van der Waals surface area contributed by atoms with Crippen molar-refractivity contribution in [3.63, 3.8) is 0 Å². The highest BCUT2D eigenvalue weighted by molar-refractivity contribution is 7.12. The maximum absolute atomic E-state index is 11.9. The van der Waals surface area contributed by atoms with Crippen molar-refractivity contribution >= 4 is 17.1 Å². The first-order valence-electron chi connectivity index (χ1n) is 5.36. The fourth-order valence-electron chi connectivity index (χ4n) is 2.24. The van der Waals surface area contributed by atoms with Crippen LogP contribution in [-0.4, -0.2) is 16.0 Å². The molecule has 2 heterocycles. The molecule has 0 fully saturated rings. The highest BCUT2D eigenvalue weighted by atomic mass is 32.1. The standard InChI is InChI=1S/C12H12N2OS/c1-7-2-3-12(16-7)8-4-10-9(6-13-14-10)11(15)5-8/h2-3,6,8H,4-5H2,1H3,(H,13,14)/t8-/m0/s1. The number of Topliss-reactive ketones (excluding diaryl/α,β-unsaturated/α-hetero) is 1. The summed E-state index contributed by atoms with van der Waals surface area (Å²) >= 11 is 1.79. The van der Waals surface area contributed by atoms with Crippen molar-refractivity contribution in [3.8, 4) is 0 Å². The Morgan fingerprint density at radius 3 is 3.06 bits per heavy atom. The van der Waals surface area contributed by atoms with Crippen LogP contribution < -0.4 is 0 Å². The van der Waals surface area contributed by atoms with E-state index < -0.39 is 0 Å². The quantitative estimate of drug-likeness (QED) is 0.821. The van der Waals surface area contributed by atoms with E-state index in [1.54, 1.807) is 17.5 Å². The number of rotatable bonds is 1. The number of fused-ring (bicyclic) bond motifs is 1. The summed E-state index contributed by atoms with van der Waals surface area (Å²) in [6, 6.07) is 4.26. The molecule has 0 saturated carbocycles. The number of H-pyrrole nitrogens is 1. The predicted molar refractivity (Wildman–Crippen MR) is 63.0 cm³/mol. The zero-order valence-corrected chi connectivity index (χ0v) is 9.80.